The lowest BCUT2D eigenvalue weighted by atomic mass is 10.1. The number of hydrogen-bond donors (Lipinski definition) is 1. The van der Waals surface area contributed by atoms with Crippen LogP contribution in [0.5, 0.6) is 11.5 Å². The largest absolute Gasteiger partial charge is 0.486 e. The highest BCUT2D eigenvalue weighted by atomic mass is 16.6. The summed E-state index contributed by atoms with van der Waals surface area (Å²) in [4.78, 5) is 25.6. The van der Waals surface area contributed by atoms with Crippen molar-refractivity contribution >= 4 is 17.3 Å². The number of hydrogen-bond acceptors (Lipinski definition) is 6. The second kappa shape index (κ2) is 7.75. The topological polar surface area (TPSA) is 93.9 Å². The Balaban J connectivity index is 1.53. The third-order valence-electron chi connectivity index (χ3n) is 4.94. The molecule has 1 fully saturated rings. The van der Waals surface area contributed by atoms with Crippen LogP contribution in [0.1, 0.15) is 28.8 Å². The lowest BCUT2D eigenvalue weighted by Crippen LogP contribution is -2.27. The Morgan fingerprint density at radius 3 is 2.57 bits per heavy atom. The van der Waals surface area contributed by atoms with E-state index in [0.717, 1.165) is 37.2 Å². The smallest absolute Gasteiger partial charge is 0.270 e. The molecule has 0 atom stereocenters. The van der Waals surface area contributed by atoms with E-state index in [1.54, 1.807) is 6.07 Å². The fraction of sp³-hybridized carbons (Fsp3) is 0.350. The predicted octanol–water partition coefficient (Wildman–Crippen LogP) is 2.90. The number of ether oxygens (including phenoxy) is 2. The van der Waals surface area contributed by atoms with Gasteiger partial charge in [-0.15, -0.1) is 0 Å². The lowest BCUT2D eigenvalue weighted by molar-refractivity contribution is -0.384. The molecule has 1 N–H and O–H groups in total. The fourth-order valence-corrected chi connectivity index (χ4v) is 3.53. The number of nitro benzene ring substituents is 1. The van der Waals surface area contributed by atoms with Crippen LogP contribution in [0.3, 0.4) is 0 Å². The van der Waals surface area contributed by atoms with Gasteiger partial charge in [0, 0.05) is 31.8 Å². The van der Waals surface area contributed by atoms with Crippen LogP contribution in [0.15, 0.2) is 36.4 Å². The maximum atomic E-state index is 12.8. The van der Waals surface area contributed by atoms with Gasteiger partial charge in [0.2, 0.25) is 0 Å². The third-order valence-corrected chi connectivity index (χ3v) is 4.94. The second-order valence-electron chi connectivity index (χ2n) is 6.81. The molecular weight excluding hydrogens is 362 g/mol. The van der Waals surface area contributed by atoms with Gasteiger partial charge in [-0.25, -0.2) is 0 Å². The molecule has 2 heterocycles. The zero-order valence-corrected chi connectivity index (χ0v) is 15.3. The molecule has 1 saturated heterocycles. The van der Waals surface area contributed by atoms with E-state index in [-0.39, 0.29) is 18.1 Å². The van der Waals surface area contributed by atoms with Crippen molar-refractivity contribution in [2.75, 3.05) is 31.2 Å². The van der Waals surface area contributed by atoms with E-state index < -0.39 is 4.92 Å². The monoisotopic (exact) mass is 383 g/mol. The zero-order chi connectivity index (χ0) is 19.5. The van der Waals surface area contributed by atoms with Crippen LogP contribution in [0, 0.1) is 10.1 Å². The second-order valence-corrected chi connectivity index (χ2v) is 6.81. The van der Waals surface area contributed by atoms with E-state index in [4.69, 9.17) is 9.47 Å². The van der Waals surface area contributed by atoms with Crippen molar-refractivity contribution in [2.24, 2.45) is 0 Å². The summed E-state index contributed by atoms with van der Waals surface area (Å²) in [5.41, 5.74) is 1.84. The summed E-state index contributed by atoms with van der Waals surface area (Å²) < 4.78 is 11.1. The Morgan fingerprint density at radius 2 is 1.82 bits per heavy atom. The van der Waals surface area contributed by atoms with E-state index in [0.29, 0.717) is 30.3 Å². The van der Waals surface area contributed by atoms with Gasteiger partial charge in [0.15, 0.2) is 11.5 Å². The molecule has 8 heteroatoms. The standard InChI is InChI=1S/C20H21N3O5/c24-20(21-13-14-3-6-18-19(11-14)28-10-9-27-18)16-12-15(23(25)26)4-5-17(16)22-7-1-2-8-22/h3-6,11-12H,1-2,7-10,13H2,(H,21,24). The van der Waals surface area contributed by atoms with E-state index in [1.807, 2.05) is 18.2 Å². The summed E-state index contributed by atoms with van der Waals surface area (Å²) in [5.74, 6) is 1.02. The van der Waals surface area contributed by atoms with Crippen LogP contribution in [-0.2, 0) is 6.54 Å². The van der Waals surface area contributed by atoms with Crippen LogP contribution in [0.4, 0.5) is 11.4 Å². The Kier molecular flexibility index (Phi) is 5.01. The molecule has 8 nitrogen and oxygen atoms in total. The number of nitrogens with zero attached hydrogens (tertiary/aromatic N) is 2. The van der Waals surface area contributed by atoms with Gasteiger partial charge in [-0.05, 0) is 36.6 Å². The average molecular weight is 383 g/mol. The number of nitrogens with one attached hydrogen (secondary N) is 1. The predicted molar refractivity (Wildman–Crippen MR) is 103 cm³/mol. The highest BCUT2D eigenvalue weighted by Gasteiger charge is 2.22. The molecule has 2 aliphatic heterocycles. The summed E-state index contributed by atoms with van der Waals surface area (Å²) in [6.07, 6.45) is 2.10. The summed E-state index contributed by atoms with van der Waals surface area (Å²) in [6.45, 7) is 3.00. The zero-order valence-electron chi connectivity index (χ0n) is 15.3. The number of fused-ring (bicyclic) bond motifs is 1. The van der Waals surface area contributed by atoms with Gasteiger partial charge < -0.3 is 19.7 Å². The molecule has 2 aromatic carbocycles. The van der Waals surface area contributed by atoms with Crippen molar-refractivity contribution in [1.29, 1.82) is 0 Å². The number of amides is 1. The SMILES string of the molecule is O=C(NCc1ccc2c(c1)OCCO2)c1cc([N+](=O)[O-])ccc1N1CCCC1. The number of rotatable bonds is 5. The minimum Gasteiger partial charge on any atom is -0.486 e. The van der Waals surface area contributed by atoms with E-state index in [1.165, 1.54) is 12.1 Å². The fourth-order valence-electron chi connectivity index (χ4n) is 3.53. The summed E-state index contributed by atoms with van der Waals surface area (Å²) in [7, 11) is 0. The summed E-state index contributed by atoms with van der Waals surface area (Å²) >= 11 is 0. The number of carbonyl (C=O) groups is 1. The Labute approximate surface area is 162 Å². The minimum atomic E-state index is -0.481. The first-order valence-electron chi connectivity index (χ1n) is 9.32. The maximum Gasteiger partial charge on any atom is 0.270 e. The van der Waals surface area contributed by atoms with Gasteiger partial charge in [-0.2, -0.15) is 0 Å². The van der Waals surface area contributed by atoms with Gasteiger partial charge >= 0.3 is 0 Å². The summed E-state index contributed by atoms with van der Waals surface area (Å²) in [5, 5.41) is 14.0. The third kappa shape index (κ3) is 3.71. The van der Waals surface area contributed by atoms with E-state index >= 15 is 0 Å². The first-order valence-corrected chi connectivity index (χ1v) is 9.32. The number of carbonyl (C=O) groups excluding carboxylic acids is 1. The molecule has 0 unspecified atom stereocenters. The molecule has 28 heavy (non-hydrogen) atoms. The molecular formula is C20H21N3O5. The number of anilines is 1. The molecule has 146 valence electrons. The Bertz CT molecular complexity index is 909. The quantitative estimate of drug-likeness (QED) is 0.630. The molecule has 0 aliphatic carbocycles. The minimum absolute atomic E-state index is 0.0903. The molecule has 4 rings (SSSR count). The van der Waals surface area contributed by atoms with Gasteiger partial charge in [0.25, 0.3) is 11.6 Å². The average Bonchev–Trinajstić information content (AvgIpc) is 3.26. The number of non-ortho nitro benzene ring substituents is 1. The molecule has 0 radical (unpaired) electrons. The summed E-state index contributed by atoms with van der Waals surface area (Å²) in [6, 6.07) is 9.99. The normalized spacial score (nSPS) is 15.4. The molecule has 0 saturated carbocycles. The van der Waals surface area contributed by atoms with Gasteiger partial charge in [-0.1, -0.05) is 6.07 Å². The molecule has 2 aromatic rings. The first-order chi connectivity index (χ1) is 13.6. The molecule has 0 aromatic heterocycles. The first kappa shape index (κ1) is 18.1. The highest BCUT2D eigenvalue weighted by Crippen LogP contribution is 2.31. The number of benzene rings is 2. The molecule has 0 bridgehead atoms. The van der Waals surface area contributed by atoms with Crippen molar-refractivity contribution < 1.29 is 19.2 Å². The molecule has 2 aliphatic rings. The molecule has 1 amide bonds. The van der Waals surface area contributed by atoms with Gasteiger partial charge in [-0.3, -0.25) is 14.9 Å². The van der Waals surface area contributed by atoms with Crippen LogP contribution < -0.4 is 19.7 Å². The Hall–Kier alpha value is -3.29. The van der Waals surface area contributed by atoms with E-state index in [9.17, 15) is 14.9 Å². The van der Waals surface area contributed by atoms with Crippen LogP contribution in [0.25, 0.3) is 0 Å². The van der Waals surface area contributed by atoms with Crippen LogP contribution in [-0.4, -0.2) is 37.1 Å². The van der Waals surface area contributed by atoms with Crippen molar-refractivity contribution in [2.45, 2.75) is 19.4 Å². The lowest BCUT2D eigenvalue weighted by Gasteiger charge is -2.21. The maximum absolute atomic E-state index is 12.8. The van der Waals surface area contributed by atoms with Crippen molar-refractivity contribution in [3.63, 3.8) is 0 Å². The Morgan fingerprint density at radius 1 is 1.07 bits per heavy atom. The number of nitro groups is 1. The van der Waals surface area contributed by atoms with Crippen LogP contribution in [0.2, 0.25) is 0 Å². The van der Waals surface area contributed by atoms with Crippen molar-refractivity contribution in [1.82, 2.24) is 5.32 Å². The van der Waals surface area contributed by atoms with Gasteiger partial charge in [0.05, 0.1) is 16.2 Å². The van der Waals surface area contributed by atoms with Gasteiger partial charge in [0.1, 0.15) is 13.2 Å². The van der Waals surface area contributed by atoms with Crippen LogP contribution >= 0.6 is 0 Å². The van der Waals surface area contributed by atoms with Crippen molar-refractivity contribution in [3.8, 4) is 11.5 Å². The molecule has 0 spiro atoms. The highest BCUT2D eigenvalue weighted by molar-refractivity contribution is 6.00. The van der Waals surface area contributed by atoms with E-state index in [2.05, 4.69) is 10.2 Å². The van der Waals surface area contributed by atoms with Crippen molar-refractivity contribution in [3.05, 3.63) is 57.6 Å².